The molecule has 0 aromatic heterocycles. The molecule has 2 rings (SSSR count). The molecule has 0 saturated heterocycles. The molecule has 1 aliphatic rings. The number of aliphatic hydroxyl groups is 1. The molecule has 0 aliphatic heterocycles. The fourth-order valence-corrected chi connectivity index (χ4v) is 2.51. The van der Waals surface area contributed by atoms with E-state index < -0.39 is 0 Å². The molecule has 1 aliphatic carbocycles. The second-order valence-corrected chi connectivity index (χ2v) is 7.43. The van der Waals surface area contributed by atoms with E-state index in [4.69, 9.17) is 0 Å². The summed E-state index contributed by atoms with van der Waals surface area (Å²) in [5.41, 5.74) is 1.75. The quantitative estimate of drug-likeness (QED) is 0.872. The predicted octanol–water partition coefficient (Wildman–Crippen LogP) is 2.87. The van der Waals surface area contributed by atoms with Gasteiger partial charge in [-0.05, 0) is 29.5 Å². The third kappa shape index (κ3) is 2.73. The molecule has 0 heterocycles. The lowest BCUT2D eigenvalue weighted by Crippen LogP contribution is -2.61. The van der Waals surface area contributed by atoms with Gasteiger partial charge in [-0.25, -0.2) is 0 Å². The van der Waals surface area contributed by atoms with Crippen LogP contribution in [0.2, 0.25) is 0 Å². The molecule has 1 saturated carbocycles. The van der Waals surface area contributed by atoms with Gasteiger partial charge in [-0.15, -0.1) is 0 Å². The molecule has 2 atom stereocenters. The van der Waals surface area contributed by atoms with Crippen molar-refractivity contribution in [1.82, 2.24) is 5.32 Å². The highest BCUT2D eigenvalue weighted by molar-refractivity contribution is 5.94. The first-order valence-corrected chi connectivity index (χ1v) is 7.22. The first-order chi connectivity index (χ1) is 9.12. The zero-order valence-electron chi connectivity index (χ0n) is 13.0. The van der Waals surface area contributed by atoms with Crippen LogP contribution in [-0.4, -0.2) is 23.2 Å². The molecule has 1 amide bonds. The van der Waals surface area contributed by atoms with Crippen molar-refractivity contribution in [2.45, 2.75) is 58.6 Å². The summed E-state index contributed by atoms with van der Waals surface area (Å²) in [6.45, 7) is 10.4. The van der Waals surface area contributed by atoms with Gasteiger partial charge in [-0.2, -0.15) is 0 Å². The smallest absolute Gasteiger partial charge is 0.251 e. The van der Waals surface area contributed by atoms with E-state index in [1.165, 1.54) is 5.56 Å². The minimum Gasteiger partial charge on any atom is -0.392 e. The van der Waals surface area contributed by atoms with E-state index in [1.807, 2.05) is 38.1 Å². The first-order valence-electron chi connectivity index (χ1n) is 7.22. The Labute approximate surface area is 121 Å². The van der Waals surface area contributed by atoms with E-state index in [2.05, 4.69) is 26.1 Å². The summed E-state index contributed by atoms with van der Waals surface area (Å²) in [5.74, 6) is -0.0598. The maximum atomic E-state index is 12.2. The third-order valence-corrected chi connectivity index (χ3v) is 4.53. The maximum absolute atomic E-state index is 12.2. The summed E-state index contributed by atoms with van der Waals surface area (Å²) in [6.07, 6.45) is 0.315. The molecule has 0 spiro atoms. The average Bonchev–Trinajstić information content (AvgIpc) is 2.37. The van der Waals surface area contributed by atoms with Gasteiger partial charge in [0.15, 0.2) is 0 Å². The minimum atomic E-state index is -0.323. The molecule has 2 unspecified atom stereocenters. The van der Waals surface area contributed by atoms with Crippen LogP contribution in [0.1, 0.15) is 57.0 Å². The van der Waals surface area contributed by atoms with Crippen LogP contribution >= 0.6 is 0 Å². The second-order valence-electron chi connectivity index (χ2n) is 7.43. The van der Waals surface area contributed by atoms with Crippen LogP contribution < -0.4 is 5.32 Å². The Hall–Kier alpha value is -1.35. The van der Waals surface area contributed by atoms with E-state index in [-0.39, 0.29) is 28.9 Å². The number of carbonyl (C=O) groups excluding carboxylic acids is 1. The highest BCUT2D eigenvalue weighted by atomic mass is 16.3. The fraction of sp³-hybridized carbons (Fsp3) is 0.588. The molecule has 1 aromatic rings. The van der Waals surface area contributed by atoms with Crippen molar-refractivity contribution >= 4 is 5.91 Å². The van der Waals surface area contributed by atoms with Crippen LogP contribution in [0.3, 0.4) is 0 Å². The van der Waals surface area contributed by atoms with E-state index in [0.717, 1.165) is 0 Å². The van der Waals surface area contributed by atoms with Crippen molar-refractivity contribution < 1.29 is 9.90 Å². The van der Waals surface area contributed by atoms with E-state index in [0.29, 0.717) is 12.0 Å². The SMILES string of the molecule is CC(C)(C)c1ccc(C(=O)NC2CC(O)C2(C)C)cc1. The van der Waals surface area contributed by atoms with E-state index in [9.17, 15) is 9.90 Å². The molecular formula is C17H25NO2. The van der Waals surface area contributed by atoms with Gasteiger partial charge in [0.05, 0.1) is 6.10 Å². The van der Waals surface area contributed by atoms with Crippen molar-refractivity contribution in [2.75, 3.05) is 0 Å². The summed E-state index contributed by atoms with van der Waals surface area (Å²) in [6, 6.07) is 7.81. The Morgan fingerprint density at radius 3 is 2.20 bits per heavy atom. The standard InChI is InChI=1S/C17H25NO2/c1-16(2,3)12-8-6-11(7-9-12)15(20)18-13-10-14(19)17(13,4)5/h6-9,13-14,19H,10H2,1-5H3,(H,18,20). The molecular weight excluding hydrogens is 250 g/mol. The monoisotopic (exact) mass is 275 g/mol. The van der Waals surface area contributed by atoms with Crippen LogP contribution in [0, 0.1) is 5.41 Å². The molecule has 2 N–H and O–H groups in total. The van der Waals surface area contributed by atoms with Gasteiger partial charge >= 0.3 is 0 Å². The van der Waals surface area contributed by atoms with Crippen LogP contribution in [-0.2, 0) is 5.41 Å². The van der Waals surface area contributed by atoms with Crippen LogP contribution in [0.5, 0.6) is 0 Å². The average molecular weight is 275 g/mol. The van der Waals surface area contributed by atoms with E-state index >= 15 is 0 Å². The van der Waals surface area contributed by atoms with Gasteiger partial charge in [-0.3, -0.25) is 4.79 Å². The Morgan fingerprint density at radius 1 is 1.25 bits per heavy atom. The van der Waals surface area contributed by atoms with Crippen molar-refractivity contribution in [3.8, 4) is 0 Å². The largest absolute Gasteiger partial charge is 0.392 e. The number of hydrogen-bond donors (Lipinski definition) is 2. The molecule has 0 radical (unpaired) electrons. The topological polar surface area (TPSA) is 49.3 Å². The fourth-order valence-electron chi connectivity index (χ4n) is 2.51. The van der Waals surface area contributed by atoms with Gasteiger partial charge in [0.1, 0.15) is 0 Å². The summed E-state index contributed by atoms with van der Waals surface area (Å²) < 4.78 is 0. The van der Waals surface area contributed by atoms with Gasteiger partial charge in [0.25, 0.3) is 5.91 Å². The first kappa shape index (κ1) is 15.0. The highest BCUT2D eigenvalue weighted by Crippen LogP contribution is 2.40. The second kappa shape index (κ2) is 4.88. The van der Waals surface area contributed by atoms with Crippen LogP contribution in [0.4, 0.5) is 0 Å². The Morgan fingerprint density at radius 2 is 1.80 bits per heavy atom. The van der Waals surface area contributed by atoms with Crippen molar-refractivity contribution in [3.63, 3.8) is 0 Å². The lowest BCUT2D eigenvalue weighted by molar-refractivity contribution is -0.0689. The molecule has 3 nitrogen and oxygen atoms in total. The molecule has 110 valence electrons. The van der Waals surface area contributed by atoms with Crippen molar-refractivity contribution in [3.05, 3.63) is 35.4 Å². The zero-order chi connectivity index (χ0) is 15.1. The summed E-state index contributed by atoms with van der Waals surface area (Å²) >= 11 is 0. The van der Waals surface area contributed by atoms with Crippen LogP contribution in [0.15, 0.2) is 24.3 Å². The predicted molar refractivity (Wildman–Crippen MR) is 80.8 cm³/mol. The Kier molecular flexibility index (Phi) is 3.67. The van der Waals surface area contributed by atoms with E-state index in [1.54, 1.807) is 0 Å². The molecule has 0 bridgehead atoms. The summed E-state index contributed by atoms with van der Waals surface area (Å²) in [7, 11) is 0. The number of rotatable bonds is 2. The number of benzene rings is 1. The minimum absolute atomic E-state index is 0.0484. The normalized spacial score (nSPS) is 24.9. The highest BCUT2D eigenvalue weighted by Gasteiger charge is 2.47. The Balaban J connectivity index is 2.04. The van der Waals surface area contributed by atoms with Gasteiger partial charge in [0.2, 0.25) is 0 Å². The summed E-state index contributed by atoms with van der Waals surface area (Å²) in [4.78, 5) is 12.2. The zero-order valence-corrected chi connectivity index (χ0v) is 13.0. The molecule has 20 heavy (non-hydrogen) atoms. The van der Waals surface area contributed by atoms with Gasteiger partial charge in [-0.1, -0.05) is 46.8 Å². The molecule has 1 fully saturated rings. The number of hydrogen-bond acceptors (Lipinski definition) is 2. The third-order valence-electron chi connectivity index (χ3n) is 4.53. The van der Waals surface area contributed by atoms with Crippen LogP contribution in [0.25, 0.3) is 0 Å². The number of amides is 1. The number of aliphatic hydroxyl groups excluding tert-OH is 1. The number of nitrogens with one attached hydrogen (secondary N) is 1. The van der Waals surface area contributed by atoms with Gasteiger partial charge < -0.3 is 10.4 Å². The molecule has 3 heteroatoms. The summed E-state index contributed by atoms with van der Waals surface area (Å²) in [5, 5.41) is 12.7. The maximum Gasteiger partial charge on any atom is 0.251 e. The molecule has 1 aromatic carbocycles. The van der Waals surface area contributed by atoms with Crippen molar-refractivity contribution in [1.29, 1.82) is 0 Å². The lowest BCUT2D eigenvalue weighted by atomic mass is 9.64. The number of carbonyl (C=O) groups is 1. The van der Waals surface area contributed by atoms with Crippen molar-refractivity contribution in [2.24, 2.45) is 5.41 Å². The van der Waals surface area contributed by atoms with Gasteiger partial charge in [0, 0.05) is 17.0 Å². The lowest BCUT2D eigenvalue weighted by Gasteiger charge is -2.49. The Bertz CT molecular complexity index is 497.